The Labute approximate surface area is 113 Å². The number of nitrogens with one attached hydrogen (secondary N) is 1. The van der Waals surface area contributed by atoms with Crippen LogP contribution in [0.2, 0.25) is 0 Å². The smallest absolute Gasteiger partial charge is 0.0478 e. The molecule has 0 atom stereocenters. The second kappa shape index (κ2) is 9.49. The summed E-state index contributed by atoms with van der Waals surface area (Å²) >= 11 is 3.75. The molecule has 0 heterocycles. The molecule has 1 aromatic rings. The number of hydrogen-bond acceptors (Lipinski definition) is 3. The van der Waals surface area contributed by atoms with Gasteiger partial charge in [-0.25, -0.2) is 0 Å². The van der Waals surface area contributed by atoms with Gasteiger partial charge in [-0.2, -0.15) is 11.8 Å². The highest BCUT2D eigenvalue weighted by Crippen LogP contribution is 2.26. The van der Waals surface area contributed by atoms with Crippen molar-refractivity contribution in [3.05, 3.63) is 36.9 Å². The van der Waals surface area contributed by atoms with Gasteiger partial charge in [0.2, 0.25) is 0 Å². The Morgan fingerprint density at radius 1 is 1.29 bits per heavy atom. The Morgan fingerprint density at radius 3 is 2.88 bits per heavy atom. The fourth-order valence-electron chi connectivity index (χ4n) is 1.48. The SMILES string of the molecule is C=CCSc1ccccc1NCCCCSC. The molecule has 17 heavy (non-hydrogen) atoms. The van der Waals surface area contributed by atoms with Crippen molar-refractivity contribution in [3.8, 4) is 0 Å². The van der Waals surface area contributed by atoms with Crippen LogP contribution in [0.3, 0.4) is 0 Å². The number of benzene rings is 1. The molecule has 0 aliphatic carbocycles. The van der Waals surface area contributed by atoms with E-state index < -0.39 is 0 Å². The Hall–Kier alpha value is -0.540. The standard InChI is InChI=1S/C14H21NS2/c1-3-11-17-14-9-5-4-8-13(14)15-10-6-7-12-16-2/h3-5,8-9,15H,1,6-7,10-12H2,2H3. The topological polar surface area (TPSA) is 12.0 Å². The van der Waals surface area contributed by atoms with Crippen molar-refractivity contribution < 1.29 is 0 Å². The molecule has 0 aliphatic rings. The summed E-state index contributed by atoms with van der Waals surface area (Å²) in [6, 6.07) is 8.49. The van der Waals surface area contributed by atoms with Crippen LogP contribution in [0, 0.1) is 0 Å². The summed E-state index contributed by atoms with van der Waals surface area (Å²) in [6.45, 7) is 4.82. The van der Waals surface area contributed by atoms with E-state index in [0.29, 0.717) is 0 Å². The molecule has 0 radical (unpaired) electrons. The predicted molar refractivity (Wildman–Crippen MR) is 83.5 cm³/mol. The molecule has 0 bridgehead atoms. The van der Waals surface area contributed by atoms with E-state index in [9.17, 15) is 0 Å². The van der Waals surface area contributed by atoms with Gasteiger partial charge in [0.1, 0.15) is 0 Å². The van der Waals surface area contributed by atoms with Crippen molar-refractivity contribution in [3.63, 3.8) is 0 Å². The average Bonchev–Trinajstić information content (AvgIpc) is 2.37. The maximum absolute atomic E-state index is 3.76. The van der Waals surface area contributed by atoms with Crippen molar-refractivity contribution >= 4 is 29.2 Å². The van der Waals surface area contributed by atoms with E-state index in [-0.39, 0.29) is 0 Å². The lowest BCUT2D eigenvalue weighted by atomic mass is 10.3. The van der Waals surface area contributed by atoms with Gasteiger partial charge in [-0.15, -0.1) is 18.3 Å². The van der Waals surface area contributed by atoms with Crippen LogP contribution in [0.15, 0.2) is 41.8 Å². The van der Waals surface area contributed by atoms with Crippen LogP contribution in [-0.2, 0) is 0 Å². The Balaban J connectivity index is 2.37. The molecule has 1 aromatic carbocycles. The molecular weight excluding hydrogens is 246 g/mol. The molecule has 0 amide bonds. The normalized spacial score (nSPS) is 10.2. The number of rotatable bonds is 9. The van der Waals surface area contributed by atoms with Gasteiger partial charge in [0.15, 0.2) is 0 Å². The van der Waals surface area contributed by atoms with E-state index in [1.54, 1.807) is 0 Å². The molecule has 3 heteroatoms. The molecule has 0 fully saturated rings. The zero-order valence-corrected chi connectivity index (χ0v) is 12.1. The van der Waals surface area contributed by atoms with Crippen LogP contribution >= 0.6 is 23.5 Å². The quantitative estimate of drug-likeness (QED) is 0.401. The molecule has 0 aliphatic heterocycles. The first-order valence-corrected chi connectivity index (χ1v) is 8.32. The number of unbranched alkanes of at least 4 members (excludes halogenated alkanes) is 1. The van der Waals surface area contributed by atoms with Crippen molar-refractivity contribution in [1.82, 2.24) is 0 Å². The highest BCUT2D eigenvalue weighted by atomic mass is 32.2. The summed E-state index contributed by atoms with van der Waals surface area (Å²) < 4.78 is 0. The van der Waals surface area contributed by atoms with Gasteiger partial charge in [-0.3, -0.25) is 0 Å². The highest BCUT2D eigenvalue weighted by molar-refractivity contribution is 7.99. The summed E-state index contributed by atoms with van der Waals surface area (Å²) in [7, 11) is 0. The molecule has 1 rings (SSSR count). The van der Waals surface area contributed by atoms with Crippen molar-refractivity contribution in [2.45, 2.75) is 17.7 Å². The molecule has 0 aromatic heterocycles. The molecular formula is C14H21NS2. The first-order chi connectivity index (χ1) is 8.38. The minimum atomic E-state index is 0.963. The maximum Gasteiger partial charge on any atom is 0.0478 e. The molecule has 0 unspecified atom stereocenters. The van der Waals surface area contributed by atoms with E-state index in [1.165, 1.54) is 29.2 Å². The van der Waals surface area contributed by atoms with Crippen LogP contribution in [0.1, 0.15) is 12.8 Å². The minimum absolute atomic E-state index is 0.963. The first kappa shape index (κ1) is 14.5. The predicted octanol–water partition coefficient (Wildman–Crippen LogP) is 4.52. The lowest BCUT2D eigenvalue weighted by molar-refractivity contribution is 0.841. The first-order valence-electron chi connectivity index (χ1n) is 5.94. The van der Waals surface area contributed by atoms with Gasteiger partial charge >= 0.3 is 0 Å². The molecule has 0 saturated carbocycles. The lowest BCUT2D eigenvalue weighted by Crippen LogP contribution is -2.02. The van der Waals surface area contributed by atoms with Crippen LogP contribution in [-0.4, -0.2) is 24.3 Å². The third-order valence-electron chi connectivity index (χ3n) is 2.33. The second-order valence-corrected chi connectivity index (χ2v) is 5.77. The fraction of sp³-hybridized carbons (Fsp3) is 0.429. The molecule has 0 spiro atoms. The number of thioether (sulfide) groups is 2. The van der Waals surface area contributed by atoms with Crippen LogP contribution < -0.4 is 5.32 Å². The largest absolute Gasteiger partial charge is 0.384 e. The van der Waals surface area contributed by atoms with E-state index in [0.717, 1.165) is 12.3 Å². The summed E-state index contributed by atoms with van der Waals surface area (Å²) in [4.78, 5) is 1.32. The number of anilines is 1. The molecule has 0 saturated heterocycles. The van der Waals surface area contributed by atoms with Crippen molar-refractivity contribution in [2.24, 2.45) is 0 Å². The number of hydrogen-bond donors (Lipinski definition) is 1. The van der Waals surface area contributed by atoms with Crippen LogP contribution in [0.25, 0.3) is 0 Å². The second-order valence-electron chi connectivity index (χ2n) is 3.72. The Kier molecular flexibility index (Phi) is 8.10. The zero-order valence-electron chi connectivity index (χ0n) is 10.4. The Morgan fingerprint density at radius 2 is 2.12 bits per heavy atom. The van der Waals surface area contributed by atoms with Gasteiger partial charge in [-0.05, 0) is 37.0 Å². The fourth-order valence-corrected chi connectivity index (χ4v) is 2.74. The van der Waals surface area contributed by atoms with Crippen molar-refractivity contribution in [1.29, 1.82) is 0 Å². The van der Waals surface area contributed by atoms with E-state index in [4.69, 9.17) is 0 Å². The van der Waals surface area contributed by atoms with Crippen LogP contribution in [0.5, 0.6) is 0 Å². The molecule has 94 valence electrons. The van der Waals surface area contributed by atoms with Crippen LogP contribution in [0.4, 0.5) is 5.69 Å². The lowest BCUT2D eigenvalue weighted by Gasteiger charge is -2.10. The summed E-state index contributed by atoms with van der Waals surface area (Å²) in [5.41, 5.74) is 1.25. The van der Waals surface area contributed by atoms with E-state index in [1.807, 2.05) is 29.6 Å². The highest BCUT2D eigenvalue weighted by Gasteiger charge is 2.00. The third-order valence-corrected chi connectivity index (χ3v) is 4.10. The average molecular weight is 267 g/mol. The zero-order chi connectivity index (χ0) is 12.3. The minimum Gasteiger partial charge on any atom is -0.384 e. The van der Waals surface area contributed by atoms with E-state index >= 15 is 0 Å². The Bertz CT molecular complexity index is 326. The van der Waals surface area contributed by atoms with Gasteiger partial charge in [-0.1, -0.05) is 18.2 Å². The van der Waals surface area contributed by atoms with E-state index in [2.05, 4.69) is 42.4 Å². The summed E-state index contributed by atoms with van der Waals surface area (Å²) in [5, 5.41) is 3.52. The summed E-state index contributed by atoms with van der Waals surface area (Å²) in [5.74, 6) is 2.22. The number of para-hydroxylation sites is 1. The third kappa shape index (κ3) is 6.08. The van der Waals surface area contributed by atoms with Gasteiger partial charge in [0.25, 0.3) is 0 Å². The molecule has 1 nitrogen and oxygen atoms in total. The van der Waals surface area contributed by atoms with Gasteiger partial charge in [0, 0.05) is 22.9 Å². The van der Waals surface area contributed by atoms with Gasteiger partial charge < -0.3 is 5.32 Å². The van der Waals surface area contributed by atoms with Gasteiger partial charge in [0.05, 0.1) is 0 Å². The maximum atomic E-state index is 3.76. The summed E-state index contributed by atoms with van der Waals surface area (Å²) in [6.07, 6.45) is 6.63. The molecule has 1 N–H and O–H groups in total. The monoisotopic (exact) mass is 267 g/mol. The van der Waals surface area contributed by atoms with Crippen molar-refractivity contribution in [2.75, 3.05) is 29.6 Å².